The molecule has 2 aromatic carbocycles. The molecular weight excluding hydrogens is 524 g/mol. The topological polar surface area (TPSA) is 60.3 Å². The van der Waals surface area contributed by atoms with E-state index < -0.39 is 0 Å². The van der Waals surface area contributed by atoms with Crippen molar-refractivity contribution in [2.45, 2.75) is 50.5 Å². The van der Waals surface area contributed by atoms with Crippen molar-refractivity contribution in [1.29, 1.82) is 0 Å². The Morgan fingerprint density at radius 3 is 2.68 bits per heavy atom. The molecule has 0 radical (unpaired) electrons. The SMILES string of the molecule is CCOC(=O)c1c(NC(=O)CSc2cn(Cc3ccc(Cl)cc3)c3ccccc23)sc2c1CCCCC2. The van der Waals surface area contributed by atoms with Crippen LogP contribution in [0, 0.1) is 0 Å². The van der Waals surface area contributed by atoms with Gasteiger partial charge in [0.05, 0.1) is 17.9 Å². The largest absolute Gasteiger partial charge is 0.462 e. The zero-order valence-corrected chi connectivity index (χ0v) is 23.1. The summed E-state index contributed by atoms with van der Waals surface area (Å²) in [6.07, 6.45) is 7.24. The van der Waals surface area contributed by atoms with E-state index in [0.717, 1.165) is 64.1 Å². The highest BCUT2D eigenvalue weighted by molar-refractivity contribution is 8.00. The summed E-state index contributed by atoms with van der Waals surface area (Å²) in [5.41, 5.74) is 3.89. The Kier molecular flexibility index (Phi) is 8.23. The van der Waals surface area contributed by atoms with Gasteiger partial charge in [0.15, 0.2) is 0 Å². The van der Waals surface area contributed by atoms with Gasteiger partial charge in [0.1, 0.15) is 5.00 Å². The first-order chi connectivity index (χ1) is 18.0. The number of hydrogen-bond donors (Lipinski definition) is 1. The molecule has 0 bridgehead atoms. The number of nitrogens with one attached hydrogen (secondary N) is 1. The van der Waals surface area contributed by atoms with Crippen LogP contribution < -0.4 is 5.32 Å². The normalized spacial score (nSPS) is 13.2. The fourth-order valence-corrected chi connectivity index (χ4v) is 7.11. The average Bonchev–Trinajstić information content (AvgIpc) is 3.32. The summed E-state index contributed by atoms with van der Waals surface area (Å²) in [6.45, 7) is 2.84. The molecule has 0 saturated carbocycles. The number of carbonyl (C=O) groups excluding carboxylic acids is 2. The van der Waals surface area contributed by atoms with Gasteiger partial charge in [0, 0.05) is 38.4 Å². The molecule has 0 unspecified atom stereocenters. The predicted molar refractivity (Wildman–Crippen MR) is 153 cm³/mol. The van der Waals surface area contributed by atoms with E-state index in [1.54, 1.807) is 6.92 Å². The number of aryl methyl sites for hydroxylation is 1. The van der Waals surface area contributed by atoms with Gasteiger partial charge in [-0.2, -0.15) is 0 Å². The van der Waals surface area contributed by atoms with Gasteiger partial charge < -0.3 is 14.6 Å². The lowest BCUT2D eigenvalue weighted by atomic mass is 10.1. The number of carbonyl (C=O) groups is 2. The van der Waals surface area contributed by atoms with E-state index in [4.69, 9.17) is 16.3 Å². The van der Waals surface area contributed by atoms with Gasteiger partial charge in [-0.1, -0.05) is 48.4 Å². The van der Waals surface area contributed by atoms with Crippen LogP contribution in [0.3, 0.4) is 0 Å². The molecule has 37 heavy (non-hydrogen) atoms. The Morgan fingerprint density at radius 1 is 1.08 bits per heavy atom. The maximum absolute atomic E-state index is 13.1. The van der Waals surface area contributed by atoms with Gasteiger partial charge in [-0.15, -0.1) is 23.1 Å². The Balaban J connectivity index is 1.33. The number of ether oxygens (including phenoxy) is 1. The number of rotatable bonds is 8. The molecule has 5 rings (SSSR count). The van der Waals surface area contributed by atoms with E-state index in [-0.39, 0.29) is 17.6 Å². The minimum atomic E-state index is -0.338. The lowest BCUT2D eigenvalue weighted by Crippen LogP contribution is -2.16. The molecule has 0 saturated heterocycles. The monoisotopic (exact) mass is 552 g/mol. The standard InChI is InChI=1S/C29H29ClN2O3S2/c1-2-35-29(34)27-22-9-4-3-5-11-24(22)37-28(27)31-26(33)18-36-25-17-32(23-10-7-6-8-21(23)25)16-19-12-14-20(30)15-13-19/h6-8,10,12-15,17H,2-5,9,11,16,18H2,1H3,(H,31,33). The summed E-state index contributed by atoms with van der Waals surface area (Å²) < 4.78 is 7.55. The van der Waals surface area contributed by atoms with Crippen molar-refractivity contribution in [3.8, 4) is 0 Å². The summed E-state index contributed by atoms with van der Waals surface area (Å²) in [7, 11) is 0. The maximum atomic E-state index is 13.1. The molecule has 1 aliphatic carbocycles. The van der Waals surface area contributed by atoms with E-state index in [2.05, 4.69) is 28.2 Å². The van der Waals surface area contributed by atoms with Gasteiger partial charge in [0.2, 0.25) is 5.91 Å². The summed E-state index contributed by atoms with van der Waals surface area (Å²) in [4.78, 5) is 28.1. The van der Waals surface area contributed by atoms with Crippen molar-refractivity contribution < 1.29 is 14.3 Å². The van der Waals surface area contributed by atoms with Crippen LogP contribution in [-0.2, 0) is 28.9 Å². The number of halogens is 1. The second kappa shape index (κ2) is 11.8. The van der Waals surface area contributed by atoms with Crippen molar-refractivity contribution in [2.24, 2.45) is 0 Å². The fourth-order valence-electron chi connectivity index (χ4n) is 4.80. The van der Waals surface area contributed by atoms with Crippen LogP contribution in [-0.4, -0.2) is 28.8 Å². The number of anilines is 1. The van der Waals surface area contributed by atoms with Crippen molar-refractivity contribution in [1.82, 2.24) is 4.57 Å². The molecule has 0 aliphatic heterocycles. The van der Waals surface area contributed by atoms with Crippen LogP contribution >= 0.6 is 34.7 Å². The average molecular weight is 553 g/mol. The second-order valence-corrected chi connectivity index (χ2v) is 11.6. The number of aromatic nitrogens is 1. The first kappa shape index (κ1) is 25.9. The third kappa shape index (κ3) is 5.89. The zero-order valence-electron chi connectivity index (χ0n) is 20.7. The quantitative estimate of drug-likeness (QED) is 0.139. The first-order valence-electron chi connectivity index (χ1n) is 12.6. The first-order valence-corrected chi connectivity index (χ1v) is 14.8. The summed E-state index contributed by atoms with van der Waals surface area (Å²) in [5.74, 6) is -0.212. The lowest BCUT2D eigenvalue weighted by Gasteiger charge is -2.08. The Labute approximate surface area is 230 Å². The molecule has 0 atom stereocenters. The van der Waals surface area contributed by atoms with Gasteiger partial charge in [-0.05, 0) is 61.9 Å². The Bertz CT molecular complexity index is 1430. The van der Waals surface area contributed by atoms with Gasteiger partial charge in [-0.25, -0.2) is 4.79 Å². The van der Waals surface area contributed by atoms with Crippen LogP contribution in [0.5, 0.6) is 0 Å². The summed E-state index contributed by atoms with van der Waals surface area (Å²) in [6, 6.07) is 16.1. The van der Waals surface area contributed by atoms with Crippen molar-refractivity contribution in [3.63, 3.8) is 0 Å². The van der Waals surface area contributed by atoms with Crippen molar-refractivity contribution >= 4 is 62.5 Å². The molecule has 0 spiro atoms. The Morgan fingerprint density at radius 2 is 1.86 bits per heavy atom. The number of hydrogen-bond acceptors (Lipinski definition) is 5. The molecule has 2 aromatic heterocycles. The van der Waals surface area contributed by atoms with E-state index in [9.17, 15) is 9.59 Å². The molecule has 2 heterocycles. The highest BCUT2D eigenvalue weighted by Gasteiger charge is 2.26. The van der Waals surface area contributed by atoms with Crippen LogP contribution in [0.25, 0.3) is 10.9 Å². The van der Waals surface area contributed by atoms with Crippen LogP contribution in [0.2, 0.25) is 5.02 Å². The molecule has 4 aromatic rings. The van der Waals surface area contributed by atoms with E-state index in [1.807, 2.05) is 36.4 Å². The molecule has 5 nitrogen and oxygen atoms in total. The molecule has 1 N–H and O–H groups in total. The smallest absolute Gasteiger partial charge is 0.341 e. The lowest BCUT2D eigenvalue weighted by molar-refractivity contribution is -0.113. The van der Waals surface area contributed by atoms with Crippen LogP contribution in [0.15, 0.2) is 59.6 Å². The van der Waals surface area contributed by atoms with Crippen LogP contribution in [0.1, 0.15) is 52.5 Å². The third-order valence-electron chi connectivity index (χ3n) is 6.53. The zero-order chi connectivity index (χ0) is 25.8. The minimum absolute atomic E-state index is 0.124. The maximum Gasteiger partial charge on any atom is 0.341 e. The minimum Gasteiger partial charge on any atom is -0.462 e. The molecule has 192 valence electrons. The molecule has 1 amide bonds. The van der Waals surface area contributed by atoms with Crippen molar-refractivity contribution in [3.05, 3.63) is 81.3 Å². The molecule has 0 fully saturated rings. The number of thioether (sulfide) groups is 1. The van der Waals surface area contributed by atoms with E-state index in [1.165, 1.54) is 28.0 Å². The number of benzene rings is 2. The highest BCUT2D eigenvalue weighted by atomic mass is 35.5. The summed E-state index contributed by atoms with van der Waals surface area (Å²) >= 11 is 9.09. The number of nitrogens with zero attached hydrogens (tertiary/aromatic N) is 1. The highest BCUT2D eigenvalue weighted by Crippen LogP contribution is 2.38. The number of fused-ring (bicyclic) bond motifs is 2. The van der Waals surface area contributed by atoms with Crippen molar-refractivity contribution in [2.75, 3.05) is 17.7 Å². The number of para-hydroxylation sites is 1. The number of esters is 1. The second-order valence-electron chi connectivity index (χ2n) is 9.09. The van der Waals surface area contributed by atoms with Crippen LogP contribution in [0.4, 0.5) is 5.00 Å². The molecule has 1 aliphatic rings. The third-order valence-corrected chi connectivity index (χ3v) is 9.03. The Hall–Kier alpha value is -2.74. The number of amides is 1. The molecular formula is C29H29ClN2O3S2. The predicted octanol–water partition coefficient (Wildman–Crippen LogP) is 7.58. The summed E-state index contributed by atoms with van der Waals surface area (Å²) in [5, 5.41) is 5.50. The van der Waals surface area contributed by atoms with E-state index >= 15 is 0 Å². The molecule has 8 heteroatoms. The van der Waals surface area contributed by atoms with E-state index in [0.29, 0.717) is 23.7 Å². The van der Waals surface area contributed by atoms with Gasteiger partial charge in [0.25, 0.3) is 0 Å². The number of thiophene rings is 1. The van der Waals surface area contributed by atoms with Gasteiger partial charge >= 0.3 is 5.97 Å². The van der Waals surface area contributed by atoms with Gasteiger partial charge in [-0.3, -0.25) is 4.79 Å². The fraction of sp³-hybridized carbons (Fsp3) is 0.310.